The van der Waals surface area contributed by atoms with Gasteiger partial charge in [0.2, 0.25) is 5.91 Å². The zero-order chi connectivity index (χ0) is 36.2. The number of hydrogen-bond acceptors (Lipinski definition) is 7. The summed E-state index contributed by atoms with van der Waals surface area (Å²) < 4.78 is 74.3. The SMILES string of the molecule is COc1ccc(CC(C)C)c(N2C(=O)CSC2=NC(=S)NCC(C)c2ccc(-c3ncn(-c4ccc(OC(F)(F)C(F)(F)F)cc4)n3)cc2)c1. The average molecular weight is 733 g/mol. The number of rotatable bonds is 11. The minimum Gasteiger partial charge on any atom is -0.497 e. The number of hydrogen-bond donors (Lipinski definition) is 1. The van der Waals surface area contributed by atoms with Gasteiger partial charge in [-0.2, -0.15) is 26.9 Å². The highest BCUT2D eigenvalue weighted by Crippen LogP contribution is 2.37. The molecule has 1 aromatic heterocycles. The first-order valence-electron chi connectivity index (χ1n) is 15.4. The number of carbonyl (C=O) groups is 1. The Kier molecular flexibility index (Phi) is 11.1. The standard InChI is InChI=1S/C34H33F5N6O3S2/c1-20(2)15-24-9-12-27(47-4)16-28(24)45-29(46)18-50-32(45)42-31(49)40-17-21(3)22-5-7-23(8-6-22)30-41-19-44(43-30)25-10-13-26(14-11-25)48-34(38,39)33(35,36)37/h5-14,16,19-21H,15,17-18H2,1-4H3,(H,40,49). The minimum absolute atomic E-state index is 0.0307. The average Bonchev–Trinajstić information content (AvgIpc) is 3.70. The number of nitrogens with zero attached hydrogens (tertiary/aromatic N) is 5. The van der Waals surface area contributed by atoms with Crippen LogP contribution < -0.4 is 19.7 Å². The number of aromatic nitrogens is 3. The Hall–Kier alpha value is -4.57. The van der Waals surface area contributed by atoms with Crippen molar-refractivity contribution in [3.05, 3.63) is 84.2 Å². The van der Waals surface area contributed by atoms with E-state index in [1.54, 1.807) is 12.0 Å². The van der Waals surface area contributed by atoms with E-state index < -0.39 is 18.0 Å². The zero-order valence-corrected chi connectivity index (χ0v) is 29.0. The molecule has 1 N–H and O–H groups in total. The molecule has 2 heterocycles. The van der Waals surface area contributed by atoms with Crippen molar-refractivity contribution in [2.75, 3.05) is 24.3 Å². The number of ether oxygens (including phenoxy) is 2. The van der Waals surface area contributed by atoms with Crippen LogP contribution in [0.25, 0.3) is 17.1 Å². The molecule has 0 saturated carbocycles. The Bertz CT molecular complexity index is 1860. The monoisotopic (exact) mass is 732 g/mol. The molecule has 9 nitrogen and oxygen atoms in total. The summed E-state index contributed by atoms with van der Waals surface area (Å²) in [4.78, 5) is 23.5. The predicted molar refractivity (Wildman–Crippen MR) is 186 cm³/mol. The van der Waals surface area contributed by atoms with E-state index in [-0.39, 0.29) is 22.7 Å². The van der Waals surface area contributed by atoms with Gasteiger partial charge in [-0.15, -0.1) is 5.10 Å². The van der Waals surface area contributed by atoms with Gasteiger partial charge in [0.1, 0.15) is 17.8 Å². The Morgan fingerprint density at radius 3 is 2.34 bits per heavy atom. The number of alkyl halides is 5. The van der Waals surface area contributed by atoms with Gasteiger partial charge >= 0.3 is 12.3 Å². The van der Waals surface area contributed by atoms with Crippen LogP contribution in [-0.2, 0) is 11.2 Å². The van der Waals surface area contributed by atoms with E-state index in [2.05, 4.69) is 39.0 Å². The lowest BCUT2D eigenvalue weighted by Crippen LogP contribution is -2.41. The third kappa shape index (κ3) is 8.59. The quantitative estimate of drug-likeness (QED) is 0.124. The number of nitrogens with one attached hydrogen (secondary N) is 1. The number of benzene rings is 3. The molecule has 1 atom stereocenters. The van der Waals surface area contributed by atoms with Crippen LogP contribution in [0, 0.1) is 5.92 Å². The molecule has 0 aliphatic carbocycles. The van der Waals surface area contributed by atoms with Crippen LogP contribution in [0.2, 0.25) is 0 Å². The minimum atomic E-state index is -5.84. The largest absolute Gasteiger partial charge is 0.499 e. The summed E-state index contributed by atoms with van der Waals surface area (Å²) in [6.07, 6.45) is -8.98. The molecule has 5 rings (SSSR count). The zero-order valence-electron chi connectivity index (χ0n) is 27.4. The summed E-state index contributed by atoms with van der Waals surface area (Å²) in [5.41, 5.74) is 3.84. The number of thiocarbonyl (C=S) groups is 1. The van der Waals surface area contributed by atoms with Crippen LogP contribution in [0.15, 0.2) is 78.0 Å². The van der Waals surface area contributed by atoms with E-state index in [0.717, 1.165) is 35.4 Å². The first-order valence-corrected chi connectivity index (χ1v) is 16.8. The maximum atomic E-state index is 13.2. The normalized spacial score (nSPS) is 15.1. The second-order valence-corrected chi connectivity index (χ2v) is 13.2. The third-order valence-electron chi connectivity index (χ3n) is 7.59. The molecule has 264 valence electrons. The van der Waals surface area contributed by atoms with Gasteiger partial charge in [0.25, 0.3) is 0 Å². The molecule has 1 unspecified atom stereocenters. The summed E-state index contributed by atoms with van der Waals surface area (Å²) in [6.45, 7) is 6.74. The maximum absolute atomic E-state index is 13.2. The molecule has 1 fully saturated rings. The molecule has 3 aromatic carbocycles. The maximum Gasteiger partial charge on any atom is 0.499 e. The van der Waals surface area contributed by atoms with Crippen molar-refractivity contribution in [3.8, 4) is 28.6 Å². The number of anilines is 1. The van der Waals surface area contributed by atoms with Gasteiger partial charge in [-0.05, 0) is 71.9 Å². The molecule has 0 radical (unpaired) electrons. The van der Waals surface area contributed by atoms with Crippen LogP contribution in [0.4, 0.5) is 27.6 Å². The molecule has 50 heavy (non-hydrogen) atoms. The van der Waals surface area contributed by atoms with E-state index in [1.807, 2.05) is 49.4 Å². The first-order chi connectivity index (χ1) is 23.6. The molecule has 1 amide bonds. The van der Waals surface area contributed by atoms with Gasteiger partial charge in [-0.3, -0.25) is 9.69 Å². The smallest absolute Gasteiger partial charge is 0.497 e. The molecule has 4 aromatic rings. The summed E-state index contributed by atoms with van der Waals surface area (Å²) in [7, 11) is 1.58. The Labute approximate surface area is 294 Å². The fourth-order valence-electron chi connectivity index (χ4n) is 5.01. The van der Waals surface area contributed by atoms with E-state index in [4.69, 9.17) is 17.0 Å². The summed E-state index contributed by atoms with van der Waals surface area (Å²) in [6, 6.07) is 17.8. The van der Waals surface area contributed by atoms with Crippen LogP contribution in [0.5, 0.6) is 11.5 Å². The molecule has 0 bridgehead atoms. The van der Waals surface area contributed by atoms with Crippen molar-refractivity contribution in [2.45, 2.75) is 45.4 Å². The van der Waals surface area contributed by atoms with Gasteiger partial charge in [0.15, 0.2) is 16.1 Å². The van der Waals surface area contributed by atoms with E-state index in [0.29, 0.717) is 40.5 Å². The fourth-order valence-corrected chi connectivity index (χ4v) is 6.11. The highest BCUT2D eigenvalue weighted by Gasteiger charge is 2.61. The van der Waals surface area contributed by atoms with E-state index in [9.17, 15) is 26.7 Å². The van der Waals surface area contributed by atoms with Gasteiger partial charge in [-0.1, -0.05) is 62.9 Å². The number of methoxy groups -OCH3 is 1. The fraction of sp³-hybridized carbons (Fsp3) is 0.324. The Morgan fingerprint density at radius 1 is 1.02 bits per heavy atom. The second-order valence-electron chi connectivity index (χ2n) is 11.8. The molecule has 1 aliphatic rings. The molecular weight excluding hydrogens is 700 g/mol. The lowest BCUT2D eigenvalue weighted by molar-refractivity contribution is -0.360. The van der Waals surface area contributed by atoms with Gasteiger partial charge in [0, 0.05) is 18.2 Å². The van der Waals surface area contributed by atoms with Gasteiger partial charge in [-0.25, -0.2) is 9.67 Å². The highest BCUT2D eigenvalue weighted by molar-refractivity contribution is 8.15. The van der Waals surface area contributed by atoms with E-state index in [1.165, 1.54) is 34.9 Å². The number of amidine groups is 1. The molecule has 16 heteroatoms. The number of aliphatic imine (C=N–C) groups is 1. The van der Waals surface area contributed by atoms with Crippen molar-refractivity contribution in [2.24, 2.45) is 10.9 Å². The molecule has 0 spiro atoms. The van der Waals surface area contributed by atoms with Crippen LogP contribution in [0.3, 0.4) is 0 Å². The highest BCUT2D eigenvalue weighted by atomic mass is 32.2. The second kappa shape index (κ2) is 15.1. The van der Waals surface area contributed by atoms with Gasteiger partial charge < -0.3 is 14.8 Å². The van der Waals surface area contributed by atoms with Crippen molar-refractivity contribution < 1.29 is 36.2 Å². The summed E-state index contributed by atoms with van der Waals surface area (Å²) >= 11 is 6.88. The third-order valence-corrected chi connectivity index (χ3v) is 8.75. The van der Waals surface area contributed by atoms with Crippen LogP contribution in [0.1, 0.15) is 37.8 Å². The lowest BCUT2D eigenvalue weighted by atomic mass is 10.00. The van der Waals surface area contributed by atoms with Crippen LogP contribution >= 0.6 is 24.0 Å². The molecule has 1 aliphatic heterocycles. The van der Waals surface area contributed by atoms with Crippen molar-refractivity contribution in [1.82, 2.24) is 20.1 Å². The van der Waals surface area contributed by atoms with Crippen LogP contribution in [-0.4, -0.2) is 62.6 Å². The molecular formula is C34H33F5N6O3S2. The number of amides is 1. The first kappa shape index (κ1) is 36.7. The topological polar surface area (TPSA) is 93.9 Å². The number of carbonyl (C=O) groups excluding carboxylic acids is 1. The number of halogens is 5. The van der Waals surface area contributed by atoms with Crippen molar-refractivity contribution in [1.29, 1.82) is 0 Å². The van der Waals surface area contributed by atoms with Gasteiger partial charge in [0.05, 0.1) is 24.2 Å². The van der Waals surface area contributed by atoms with E-state index >= 15 is 0 Å². The van der Waals surface area contributed by atoms with Crippen molar-refractivity contribution >= 4 is 45.9 Å². The predicted octanol–water partition coefficient (Wildman–Crippen LogP) is 7.79. The number of thioether (sulfide) groups is 1. The van der Waals surface area contributed by atoms with Crippen molar-refractivity contribution in [3.63, 3.8) is 0 Å². The molecule has 1 saturated heterocycles. The summed E-state index contributed by atoms with van der Waals surface area (Å²) in [5.74, 6) is 0.954. The Morgan fingerprint density at radius 2 is 1.70 bits per heavy atom. The summed E-state index contributed by atoms with van der Waals surface area (Å²) in [5, 5.41) is 8.34. The Balaban J connectivity index is 1.20. The lowest BCUT2D eigenvalue weighted by Gasteiger charge is -2.22.